The fourth-order valence-corrected chi connectivity index (χ4v) is 4.75. The van der Waals surface area contributed by atoms with E-state index >= 15 is 0 Å². The van der Waals surface area contributed by atoms with Crippen LogP contribution in [0.1, 0.15) is 15.9 Å². The Bertz CT molecular complexity index is 1480. The van der Waals surface area contributed by atoms with Gasteiger partial charge in [-0.05, 0) is 24.3 Å². The molecule has 1 saturated heterocycles. The van der Waals surface area contributed by atoms with E-state index in [0.29, 0.717) is 53.5 Å². The number of thiazole rings is 1. The van der Waals surface area contributed by atoms with E-state index in [9.17, 15) is 22.8 Å². The van der Waals surface area contributed by atoms with E-state index in [4.69, 9.17) is 4.74 Å². The van der Waals surface area contributed by atoms with Crippen LogP contribution in [0, 0.1) is 0 Å². The number of aromatic nitrogens is 4. The van der Waals surface area contributed by atoms with Gasteiger partial charge >= 0.3 is 12.2 Å². The van der Waals surface area contributed by atoms with Gasteiger partial charge in [-0.25, -0.2) is 14.8 Å². The molecule has 0 radical (unpaired) electrons. The molecule has 0 spiro atoms. The molecule has 15 heteroatoms. The molecule has 3 amide bonds. The summed E-state index contributed by atoms with van der Waals surface area (Å²) in [5.74, 6) is -0.276. The number of urea groups is 1. The van der Waals surface area contributed by atoms with Crippen molar-refractivity contribution < 1.29 is 27.5 Å². The number of hydrogen-bond acceptors (Lipinski definition) is 8. The van der Waals surface area contributed by atoms with Crippen LogP contribution in [-0.4, -0.2) is 76.4 Å². The lowest BCUT2D eigenvalue weighted by atomic mass is 10.1. The van der Waals surface area contributed by atoms with E-state index in [0.717, 1.165) is 36.6 Å². The van der Waals surface area contributed by atoms with Crippen molar-refractivity contribution in [1.82, 2.24) is 30.4 Å². The van der Waals surface area contributed by atoms with Crippen LogP contribution in [-0.2, 0) is 10.9 Å². The maximum atomic E-state index is 13.0. The third-order valence-electron chi connectivity index (χ3n) is 5.91. The Balaban J connectivity index is 1.26. The van der Waals surface area contributed by atoms with Crippen LogP contribution in [0.5, 0.6) is 0 Å². The largest absolute Gasteiger partial charge is 0.416 e. The summed E-state index contributed by atoms with van der Waals surface area (Å²) in [4.78, 5) is 36.8. The normalized spacial score (nSPS) is 14.3. The topological polar surface area (TPSA) is 137 Å². The predicted molar refractivity (Wildman–Crippen MR) is 139 cm³/mol. The minimum atomic E-state index is -4.53. The van der Waals surface area contributed by atoms with Crippen LogP contribution in [0.2, 0.25) is 0 Å². The van der Waals surface area contributed by atoms with E-state index in [-0.39, 0.29) is 16.7 Å². The summed E-state index contributed by atoms with van der Waals surface area (Å²) in [7, 11) is 0. The first-order valence-corrected chi connectivity index (χ1v) is 12.7. The van der Waals surface area contributed by atoms with E-state index in [1.165, 1.54) is 24.5 Å². The first kappa shape index (κ1) is 26.5. The molecule has 204 valence electrons. The van der Waals surface area contributed by atoms with Crippen LogP contribution < -0.4 is 16.0 Å². The Morgan fingerprint density at radius 1 is 1.13 bits per heavy atom. The number of pyridine rings is 1. The van der Waals surface area contributed by atoms with Gasteiger partial charge in [0.25, 0.3) is 5.91 Å². The van der Waals surface area contributed by atoms with Gasteiger partial charge in [0.05, 0.1) is 46.5 Å². The van der Waals surface area contributed by atoms with Crippen molar-refractivity contribution in [3.8, 4) is 10.6 Å². The highest BCUT2D eigenvalue weighted by Crippen LogP contribution is 2.32. The van der Waals surface area contributed by atoms with Gasteiger partial charge in [0.15, 0.2) is 10.8 Å². The lowest BCUT2D eigenvalue weighted by molar-refractivity contribution is -0.137. The number of aromatic amines is 1. The summed E-state index contributed by atoms with van der Waals surface area (Å²) in [5.41, 5.74) is 0.341. The average molecular weight is 561 g/mol. The molecule has 1 fully saturated rings. The lowest BCUT2D eigenvalue weighted by Gasteiger charge is -2.26. The molecule has 4 aromatic rings. The molecule has 0 unspecified atom stereocenters. The number of ether oxygens (including phenoxy) is 1. The number of carbonyl (C=O) groups excluding carboxylic acids is 2. The molecule has 0 bridgehead atoms. The highest BCUT2D eigenvalue weighted by atomic mass is 32.1. The molecular formula is C24H23F3N8O3S. The minimum Gasteiger partial charge on any atom is -0.379 e. The fraction of sp³-hybridized carbons (Fsp3) is 0.292. The number of fused-ring (bicyclic) bond motifs is 1. The number of nitrogens with one attached hydrogen (secondary N) is 4. The van der Waals surface area contributed by atoms with Crippen molar-refractivity contribution in [3.05, 3.63) is 53.9 Å². The van der Waals surface area contributed by atoms with Crippen LogP contribution in [0.4, 0.5) is 28.8 Å². The second kappa shape index (κ2) is 11.3. The number of alkyl halides is 3. The zero-order valence-corrected chi connectivity index (χ0v) is 21.2. The van der Waals surface area contributed by atoms with Crippen molar-refractivity contribution in [2.75, 3.05) is 50.0 Å². The van der Waals surface area contributed by atoms with Crippen molar-refractivity contribution in [2.45, 2.75) is 6.18 Å². The van der Waals surface area contributed by atoms with Crippen LogP contribution in [0.25, 0.3) is 21.6 Å². The van der Waals surface area contributed by atoms with Crippen LogP contribution >= 0.6 is 11.3 Å². The summed E-state index contributed by atoms with van der Waals surface area (Å²) in [6, 6.07) is 5.17. The number of benzene rings is 1. The zero-order chi connectivity index (χ0) is 27.4. The predicted octanol–water partition coefficient (Wildman–Crippen LogP) is 3.81. The van der Waals surface area contributed by atoms with Gasteiger partial charge in [-0.1, -0.05) is 17.4 Å². The quantitative estimate of drug-likeness (QED) is 0.270. The Hall–Kier alpha value is -4.08. The number of amides is 3. The first-order chi connectivity index (χ1) is 18.8. The van der Waals surface area contributed by atoms with Gasteiger partial charge in [-0.2, -0.15) is 18.3 Å². The SMILES string of the molecule is O=C(Nc1cccc(C(F)(F)F)c1)Nc1ncc(-c2cc(C(=O)NCCN3CCOCC3)c3cn[nH]c3n2)s1. The average Bonchev–Trinajstić information content (AvgIpc) is 3.58. The number of morpholine rings is 1. The summed E-state index contributed by atoms with van der Waals surface area (Å²) in [6.07, 6.45) is -1.52. The second-order valence-corrected chi connectivity index (χ2v) is 9.62. The van der Waals surface area contributed by atoms with E-state index in [1.807, 2.05) is 0 Å². The van der Waals surface area contributed by atoms with E-state index in [1.54, 1.807) is 6.07 Å². The van der Waals surface area contributed by atoms with Crippen LogP contribution in [0.15, 0.2) is 42.7 Å². The Kier molecular flexibility index (Phi) is 7.72. The van der Waals surface area contributed by atoms with Gasteiger partial charge in [-0.15, -0.1) is 0 Å². The third-order valence-corrected chi connectivity index (χ3v) is 6.85. The van der Waals surface area contributed by atoms with Crippen molar-refractivity contribution >= 4 is 45.1 Å². The van der Waals surface area contributed by atoms with Crippen molar-refractivity contribution in [2.24, 2.45) is 0 Å². The maximum Gasteiger partial charge on any atom is 0.416 e. The monoisotopic (exact) mass is 560 g/mol. The molecule has 1 aromatic carbocycles. The number of nitrogens with zero attached hydrogens (tertiary/aromatic N) is 4. The number of rotatable bonds is 7. The smallest absolute Gasteiger partial charge is 0.379 e. The van der Waals surface area contributed by atoms with E-state index in [2.05, 4.69) is 41.0 Å². The number of carbonyl (C=O) groups is 2. The molecule has 0 aliphatic carbocycles. The highest BCUT2D eigenvalue weighted by Gasteiger charge is 2.30. The Morgan fingerprint density at radius 3 is 2.74 bits per heavy atom. The minimum absolute atomic E-state index is 0.0188. The molecule has 4 heterocycles. The highest BCUT2D eigenvalue weighted by molar-refractivity contribution is 7.19. The summed E-state index contributed by atoms with van der Waals surface area (Å²) >= 11 is 1.09. The second-order valence-electron chi connectivity index (χ2n) is 8.58. The first-order valence-electron chi connectivity index (χ1n) is 11.9. The van der Waals surface area contributed by atoms with Gasteiger partial charge < -0.3 is 15.4 Å². The molecular weight excluding hydrogens is 537 g/mol. The molecule has 4 N–H and O–H groups in total. The number of anilines is 2. The lowest BCUT2D eigenvalue weighted by Crippen LogP contribution is -2.41. The van der Waals surface area contributed by atoms with Gasteiger partial charge in [0, 0.05) is 38.1 Å². The zero-order valence-electron chi connectivity index (χ0n) is 20.3. The van der Waals surface area contributed by atoms with Gasteiger partial charge in [0.2, 0.25) is 0 Å². The summed E-state index contributed by atoms with van der Waals surface area (Å²) < 4.78 is 44.1. The number of halogens is 3. The molecule has 3 aromatic heterocycles. The molecule has 1 aliphatic heterocycles. The molecule has 5 rings (SSSR count). The molecule has 0 saturated carbocycles. The Morgan fingerprint density at radius 2 is 1.95 bits per heavy atom. The third kappa shape index (κ3) is 6.50. The summed E-state index contributed by atoms with van der Waals surface area (Å²) in [6.45, 7) is 4.16. The fourth-order valence-electron chi connectivity index (χ4n) is 3.97. The van der Waals surface area contributed by atoms with Crippen molar-refractivity contribution in [3.63, 3.8) is 0 Å². The molecule has 11 nitrogen and oxygen atoms in total. The number of hydrogen-bond donors (Lipinski definition) is 4. The standard InChI is InChI=1S/C24H23F3N8O3S/c25-24(26,27)14-2-1-3-15(10-14)31-22(37)33-23-29-13-19(39-23)18-11-16(17-12-30-34-20(17)32-18)21(36)28-4-5-35-6-8-38-9-7-35/h1-3,10-13H,4-9H2,(H,28,36)(H,30,32,34)(H2,29,31,33,37). The van der Waals surface area contributed by atoms with Gasteiger partial charge in [-0.3, -0.25) is 20.1 Å². The molecule has 39 heavy (non-hydrogen) atoms. The molecule has 1 aliphatic rings. The van der Waals surface area contributed by atoms with Crippen LogP contribution in [0.3, 0.4) is 0 Å². The van der Waals surface area contributed by atoms with Gasteiger partial charge in [0.1, 0.15) is 0 Å². The number of H-pyrrole nitrogens is 1. The maximum absolute atomic E-state index is 13.0. The summed E-state index contributed by atoms with van der Waals surface area (Å²) in [5, 5.41) is 15.3. The van der Waals surface area contributed by atoms with E-state index < -0.39 is 17.8 Å². The Labute approximate surface area is 223 Å². The molecule has 0 atom stereocenters. The van der Waals surface area contributed by atoms with Crippen molar-refractivity contribution in [1.29, 1.82) is 0 Å².